The Morgan fingerprint density at radius 3 is 3.00 bits per heavy atom. The maximum absolute atomic E-state index is 8.86. The second kappa shape index (κ2) is 4.11. The van der Waals surface area contributed by atoms with Crippen LogP contribution in [0.4, 0.5) is 0 Å². The number of nitrogens with two attached hydrogens (primary N) is 1. The summed E-state index contributed by atoms with van der Waals surface area (Å²) in [6, 6.07) is 8.62. The van der Waals surface area contributed by atoms with Crippen molar-refractivity contribution in [3.8, 4) is 0 Å². The molecule has 1 aromatic carbocycles. The Morgan fingerprint density at radius 2 is 2.21 bits per heavy atom. The van der Waals surface area contributed by atoms with Crippen LogP contribution in [0.2, 0.25) is 0 Å². The molecule has 14 heavy (non-hydrogen) atoms. The SMILES string of the molecule is NC(CCO)C1CCc2ccccc21. The van der Waals surface area contributed by atoms with Gasteiger partial charge in [-0.1, -0.05) is 24.3 Å². The van der Waals surface area contributed by atoms with Crippen LogP contribution < -0.4 is 5.73 Å². The fourth-order valence-electron chi connectivity index (χ4n) is 2.39. The molecule has 3 N–H and O–H groups in total. The van der Waals surface area contributed by atoms with Gasteiger partial charge in [0.1, 0.15) is 0 Å². The summed E-state index contributed by atoms with van der Waals surface area (Å²) in [6.07, 6.45) is 2.99. The van der Waals surface area contributed by atoms with Gasteiger partial charge in [0.2, 0.25) is 0 Å². The number of hydrogen-bond donors (Lipinski definition) is 2. The van der Waals surface area contributed by atoms with Crippen molar-refractivity contribution in [1.82, 2.24) is 0 Å². The lowest BCUT2D eigenvalue weighted by molar-refractivity contribution is 0.267. The van der Waals surface area contributed by atoms with Crippen molar-refractivity contribution in [3.05, 3.63) is 35.4 Å². The van der Waals surface area contributed by atoms with Crippen LogP contribution in [-0.4, -0.2) is 17.8 Å². The number of hydrogen-bond acceptors (Lipinski definition) is 2. The molecule has 0 spiro atoms. The Labute approximate surface area is 84.7 Å². The van der Waals surface area contributed by atoms with E-state index in [-0.39, 0.29) is 12.6 Å². The molecule has 0 bridgehead atoms. The summed E-state index contributed by atoms with van der Waals surface area (Å²) >= 11 is 0. The monoisotopic (exact) mass is 191 g/mol. The highest BCUT2D eigenvalue weighted by Gasteiger charge is 2.26. The summed E-state index contributed by atoms with van der Waals surface area (Å²) in [4.78, 5) is 0. The third-order valence-electron chi connectivity index (χ3n) is 3.16. The molecule has 1 aliphatic carbocycles. The van der Waals surface area contributed by atoms with Crippen molar-refractivity contribution >= 4 is 0 Å². The third-order valence-corrected chi connectivity index (χ3v) is 3.16. The maximum atomic E-state index is 8.86. The summed E-state index contributed by atoms with van der Waals surface area (Å²) < 4.78 is 0. The second-order valence-electron chi connectivity index (χ2n) is 4.02. The Morgan fingerprint density at radius 1 is 1.43 bits per heavy atom. The number of benzene rings is 1. The van der Waals surface area contributed by atoms with Crippen molar-refractivity contribution in [2.75, 3.05) is 6.61 Å². The summed E-state index contributed by atoms with van der Waals surface area (Å²) in [5, 5.41) is 8.86. The number of fused-ring (bicyclic) bond motifs is 1. The Balaban J connectivity index is 2.17. The van der Waals surface area contributed by atoms with Gasteiger partial charge in [-0.3, -0.25) is 0 Å². The highest BCUT2D eigenvalue weighted by atomic mass is 16.3. The van der Waals surface area contributed by atoms with Gasteiger partial charge in [0.05, 0.1) is 0 Å². The van der Waals surface area contributed by atoms with Gasteiger partial charge >= 0.3 is 0 Å². The molecule has 2 nitrogen and oxygen atoms in total. The van der Waals surface area contributed by atoms with E-state index < -0.39 is 0 Å². The van der Waals surface area contributed by atoms with E-state index in [1.54, 1.807) is 0 Å². The van der Waals surface area contributed by atoms with Crippen molar-refractivity contribution < 1.29 is 5.11 Å². The molecule has 0 fully saturated rings. The Bertz CT molecular complexity index is 311. The van der Waals surface area contributed by atoms with Gasteiger partial charge in [-0.15, -0.1) is 0 Å². The molecule has 0 radical (unpaired) electrons. The summed E-state index contributed by atoms with van der Waals surface area (Å²) in [7, 11) is 0. The van der Waals surface area contributed by atoms with E-state index in [1.165, 1.54) is 11.1 Å². The average molecular weight is 191 g/mol. The van der Waals surface area contributed by atoms with Crippen LogP contribution in [0.15, 0.2) is 24.3 Å². The summed E-state index contributed by atoms with van der Waals surface area (Å²) in [5.41, 5.74) is 8.88. The molecule has 0 amide bonds. The number of aliphatic hydroxyl groups is 1. The standard InChI is InChI=1S/C12H17NO/c13-12(7-8-14)11-6-5-9-3-1-2-4-10(9)11/h1-4,11-12,14H,5-8,13H2. The van der Waals surface area contributed by atoms with Gasteiger partial charge in [-0.05, 0) is 36.3 Å². The molecule has 2 rings (SSSR count). The van der Waals surface area contributed by atoms with Crippen molar-refractivity contribution in [3.63, 3.8) is 0 Å². The van der Waals surface area contributed by atoms with Crippen LogP contribution in [0.25, 0.3) is 0 Å². The summed E-state index contributed by atoms with van der Waals surface area (Å²) in [5.74, 6) is 0.457. The van der Waals surface area contributed by atoms with Gasteiger partial charge in [-0.2, -0.15) is 0 Å². The molecule has 1 aromatic rings. The molecule has 2 heteroatoms. The van der Waals surface area contributed by atoms with E-state index in [2.05, 4.69) is 24.3 Å². The molecule has 0 saturated heterocycles. The van der Waals surface area contributed by atoms with Gasteiger partial charge in [0, 0.05) is 12.6 Å². The topological polar surface area (TPSA) is 46.2 Å². The molecular formula is C12H17NO. The van der Waals surface area contributed by atoms with Crippen LogP contribution in [0.1, 0.15) is 29.9 Å². The van der Waals surface area contributed by atoms with E-state index in [1.807, 2.05) is 0 Å². The zero-order chi connectivity index (χ0) is 9.97. The van der Waals surface area contributed by atoms with Crippen LogP contribution in [0.3, 0.4) is 0 Å². The molecule has 0 aliphatic heterocycles. The second-order valence-corrected chi connectivity index (χ2v) is 4.02. The van der Waals surface area contributed by atoms with E-state index >= 15 is 0 Å². The molecule has 0 heterocycles. The van der Waals surface area contributed by atoms with Crippen molar-refractivity contribution in [2.24, 2.45) is 5.73 Å². The molecule has 1 aliphatic rings. The maximum Gasteiger partial charge on any atom is 0.0446 e. The minimum Gasteiger partial charge on any atom is -0.396 e. The van der Waals surface area contributed by atoms with E-state index in [0.29, 0.717) is 12.3 Å². The van der Waals surface area contributed by atoms with E-state index in [0.717, 1.165) is 12.8 Å². The first-order chi connectivity index (χ1) is 6.83. The minimum absolute atomic E-state index is 0.114. The lowest BCUT2D eigenvalue weighted by Crippen LogP contribution is -2.28. The first kappa shape index (κ1) is 9.69. The van der Waals surface area contributed by atoms with E-state index in [4.69, 9.17) is 10.8 Å². The lowest BCUT2D eigenvalue weighted by Gasteiger charge is -2.19. The fraction of sp³-hybridized carbons (Fsp3) is 0.500. The molecule has 2 atom stereocenters. The highest BCUT2D eigenvalue weighted by molar-refractivity contribution is 5.35. The molecule has 76 valence electrons. The van der Waals surface area contributed by atoms with E-state index in [9.17, 15) is 0 Å². The molecular weight excluding hydrogens is 174 g/mol. The first-order valence-corrected chi connectivity index (χ1v) is 5.27. The van der Waals surface area contributed by atoms with Crippen molar-refractivity contribution in [2.45, 2.75) is 31.2 Å². The van der Waals surface area contributed by atoms with Crippen LogP contribution in [0.5, 0.6) is 0 Å². The highest BCUT2D eigenvalue weighted by Crippen LogP contribution is 2.35. The predicted octanol–water partition coefficient (Wildman–Crippen LogP) is 1.43. The lowest BCUT2D eigenvalue weighted by atomic mass is 9.92. The molecule has 2 unspecified atom stereocenters. The normalized spacial score (nSPS) is 22.0. The third kappa shape index (κ3) is 1.68. The fourth-order valence-corrected chi connectivity index (χ4v) is 2.39. The van der Waals surface area contributed by atoms with Crippen LogP contribution in [-0.2, 0) is 6.42 Å². The Hall–Kier alpha value is -0.860. The quantitative estimate of drug-likeness (QED) is 0.759. The predicted molar refractivity (Wildman–Crippen MR) is 57.2 cm³/mol. The number of aryl methyl sites for hydroxylation is 1. The largest absolute Gasteiger partial charge is 0.396 e. The smallest absolute Gasteiger partial charge is 0.0446 e. The number of aliphatic hydroxyl groups excluding tert-OH is 1. The first-order valence-electron chi connectivity index (χ1n) is 5.27. The molecule has 0 aromatic heterocycles. The number of rotatable bonds is 3. The minimum atomic E-state index is 0.114. The van der Waals surface area contributed by atoms with Crippen molar-refractivity contribution in [1.29, 1.82) is 0 Å². The van der Waals surface area contributed by atoms with Crippen LogP contribution in [0, 0.1) is 0 Å². The van der Waals surface area contributed by atoms with Crippen LogP contribution >= 0.6 is 0 Å². The summed E-state index contributed by atoms with van der Waals surface area (Å²) in [6.45, 7) is 0.194. The average Bonchev–Trinajstić information content (AvgIpc) is 2.61. The molecule has 0 saturated carbocycles. The zero-order valence-electron chi connectivity index (χ0n) is 8.32. The van der Waals surface area contributed by atoms with Gasteiger partial charge < -0.3 is 10.8 Å². The zero-order valence-corrected chi connectivity index (χ0v) is 8.32. The van der Waals surface area contributed by atoms with Gasteiger partial charge in [0.25, 0.3) is 0 Å². The van der Waals surface area contributed by atoms with Gasteiger partial charge in [-0.25, -0.2) is 0 Å². The Kier molecular flexibility index (Phi) is 2.85. The van der Waals surface area contributed by atoms with Gasteiger partial charge in [0.15, 0.2) is 0 Å².